The number of alkyl carbamates (subject to hydrolysis) is 1. The zero-order valence-electron chi connectivity index (χ0n) is 19.4. The van der Waals surface area contributed by atoms with Crippen LogP contribution in [0.1, 0.15) is 60.8 Å². The molecule has 31 heavy (non-hydrogen) atoms. The van der Waals surface area contributed by atoms with Gasteiger partial charge in [0.05, 0.1) is 6.61 Å². The topological polar surface area (TPSA) is 123 Å². The number of hydrogen-bond donors (Lipinski definition) is 3. The molecule has 0 saturated carbocycles. The third kappa shape index (κ3) is 10.8. The maximum atomic E-state index is 13.0. The van der Waals surface area contributed by atoms with Gasteiger partial charge < -0.3 is 25.4 Å². The molecule has 0 spiro atoms. The van der Waals surface area contributed by atoms with Crippen LogP contribution in [0.3, 0.4) is 0 Å². The summed E-state index contributed by atoms with van der Waals surface area (Å²) >= 11 is 0. The summed E-state index contributed by atoms with van der Waals surface area (Å²) in [6, 6.07) is -1.38. The van der Waals surface area contributed by atoms with Crippen molar-refractivity contribution in [3.63, 3.8) is 0 Å². The number of ether oxygens (including phenoxy) is 2. The predicted octanol–water partition coefficient (Wildman–Crippen LogP) is 2.06. The Balaban J connectivity index is 2.91. The van der Waals surface area contributed by atoms with Crippen LogP contribution in [-0.4, -0.2) is 54.7 Å². The molecule has 1 fully saturated rings. The molecule has 0 aromatic carbocycles. The van der Waals surface area contributed by atoms with Crippen LogP contribution in [0, 0.1) is 11.8 Å². The fourth-order valence-corrected chi connectivity index (χ4v) is 3.18. The van der Waals surface area contributed by atoms with Crippen molar-refractivity contribution in [3.8, 4) is 0 Å². The lowest BCUT2D eigenvalue weighted by atomic mass is 9.97. The van der Waals surface area contributed by atoms with E-state index < -0.39 is 35.7 Å². The number of amides is 3. The van der Waals surface area contributed by atoms with Gasteiger partial charge >= 0.3 is 12.1 Å². The molecule has 9 heteroatoms. The highest BCUT2D eigenvalue weighted by molar-refractivity contribution is 5.87. The van der Waals surface area contributed by atoms with E-state index in [1.165, 1.54) is 12.2 Å². The second kappa shape index (κ2) is 12.3. The Morgan fingerprint density at radius 3 is 2.42 bits per heavy atom. The van der Waals surface area contributed by atoms with Crippen LogP contribution < -0.4 is 16.0 Å². The maximum absolute atomic E-state index is 13.0. The van der Waals surface area contributed by atoms with Crippen LogP contribution in [-0.2, 0) is 23.9 Å². The van der Waals surface area contributed by atoms with Crippen molar-refractivity contribution in [2.75, 3.05) is 13.2 Å². The van der Waals surface area contributed by atoms with Gasteiger partial charge in [-0.05, 0) is 52.9 Å². The Morgan fingerprint density at radius 1 is 1.23 bits per heavy atom. The quantitative estimate of drug-likeness (QED) is 0.354. The van der Waals surface area contributed by atoms with E-state index >= 15 is 0 Å². The average Bonchev–Trinajstić information content (AvgIpc) is 3.02. The highest BCUT2D eigenvalue weighted by atomic mass is 16.6. The molecule has 1 aliphatic rings. The van der Waals surface area contributed by atoms with Crippen LogP contribution in [0.2, 0.25) is 0 Å². The van der Waals surface area contributed by atoms with Crippen molar-refractivity contribution < 1.29 is 28.7 Å². The zero-order valence-corrected chi connectivity index (χ0v) is 19.4. The lowest BCUT2D eigenvalue weighted by Gasteiger charge is -2.26. The van der Waals surface area contributed by atoms with E-state index in [1.807, 2.05) is 13.8 Å². The van der Waals surface area contributed by atoms with Gasteiger partial charge in [0.15, 0.2) is 0 Å². The van der Waals surface area contributed by atoms with Crippen LogP contribution in [0.5, 0.6) is 0 Å². The van der Waals surface area contributed by atoms with Crippen molar-refractivity contribution in [1.29, 1.82) is 0 Å². The van der Waals surface area contributed by atoms with Gasteiger partial charge in [0.2, 0.25) is 11.8 Å². The smallest absolute Gasteiger partial charge is 0.408 e. The molecule has 3 unspecified atom stereocenters. The molecule has 3 amide bonds. The lowest BCUT2D eigenvalue weighted by molar-refractivity contribution is -0.137. The molecule has 0 aromatic heterocycles. The highest BCUT2D eigenvalue weighted by Gasteiger charge is 2.30. The van der Waals surface area contributed by atoms with Crippen molar-refractivity contribution in [2.24, 2.45) is 11.8 Å². The molecular formula is C22H37N3O6. The largest absolute Gasteiger partial charge is 0.463 e. The SMILES string of the molecule is CCOC(=O)/C=C/C(CC1CCNC1=O)NC(=O)C(CC(C)C)NC(=O)OC(C)(C)C. The molecule has 1 rings (SSSR count). The van der Waals surface area contributed by atoms with Crippen molar-refractivity contribution in [3.05, 3.63) is 12.2 Å². The number of esters is 1. The van der Waals surface area contributed by atoms with Crippen LogP contribution >= 0.6 is 0 Å². The number of rotatable bonds is 10. The van der Waals surface area contributed by atoms with E-state index in [-0.39, 0.29) is 24.3 Å². The van der Waals surface area contributed by atoms with E-state index in [1.54, 1.807) is 27.7 Å². The van der Waals surface area contributed by atoms with Crippen LogP contribution in [0.25, 0.3) is 0 Å². The van der Waals surface area contributed by atoms with E-state index in [0.717, 1.165) is 0 Å². The van der Waals surface area contributed by atoms with Crippen molar-refractivity contribution >= 4 is 23.9 Å². The fraction of sp³-hybridized carbons (Fsp3) is 0.727. The molecule has 1 aliphatic heterocycles. The van der Waals surface area contributed by atoms with E-state index in [9.17, 15) is 19.2 Å². The third-order valence-corrected chi connectivity index (χ3v) is 4.49. The summed E-state index contributed by atoms with van der Waals surface area (Å²) in [5, 5.41) is 8.25. The normalized spacial score (nSPS) is 18.4. The predicted molar refractivity (Wildman–Crippen MR) is 116 cm³/mol. The lowest BCUT2D eigenvalue weighted by Crippen LogP contribution is -2.51. The Morgan fingerprint density at radius 2 is 1.90 bits per heavy atom. The molecule has 0 radical (unpaired) electrons. The summed E-state index contributed by atoms with van der Waals surface area (Å²) < 4.78 is 10.2. The van der Waals surface area contributed by atoms with E-state index in [2.05, 4.69) is 16.0 Å². The van der Waals surface area contributed by atoms with Gasteiger partial charge in [-0.1, -0.05) is 19.9 Å². The number of carbonyl (C=O) groups is 4. The third-order valence-electron chi connectivity index (χ3n) is 4.49. The molecule has 1 heterocycles. The van der Waals surface area contributed by atoms with Crippen molar-refractivity contribution in [2.45, 2.75) is 78.5 Å². The monoisotopic (exact) mass is 439 g/mol. The molecule has 176 valence electrons. The van der Waals surface area contributed by atoms with Gasteiger partial charge in [0, 0.05) is 24.6 Å². The summed E-state index contributed by atoms with van der Waals surface area (Å²) in [5.74, 6) is -1.13. The molecular weight excluding hydrogens is 402 g/mol. The Hall–Kier alpha value is -2.58. The highest BCUT2D eigenvalue weighted by Crippen LogP contribution is 2.17. The number of carbonyl (C=O) groups excluding carboxylic acids is 4. The Bertz CT molecular complexity index is 669. The Labute approximate surface area is 184 Å². The second-order valence-corrected chi connectivity index (χ2v) is 9.07. The first-order valence-electron chi connectivity index (χ1n) is 10.8. The molecule has 0 aliphatic carbocycles. The summed E-state index contributed by atoms with van der Waals surface area (Å²) in [6.07, 6.45) is 3.51. The van der Waals surface area contributed by atoms with Gasteiger partial charge in [0.25, 0.3) is 0 Å². The van der Waals surface area contributed by atoms with Gasteiger partial charge in [-0.15, -0.1) is 0 Å². The van der Waals surface area contributed by atoms with Gasteiger partial charge in [-0.3, -0.25) is 9.59 Å². The van der Waals surface area contributed by atoms with Gasteiger partial charge in [0.1, 0.15) is 11.6 Å². The molecule has 3 atom stereocenters. The zero-order chi connectivity index (χ0) is 23.6. The minimum absolute atomic E-state index is 0.0746. The van der Waals surface area contributed by atoms with Crippen LogP contribution in [0.15, 0.2) is 12.2 Å². The van der Waals surface area contributed by atoms with Crippen molar-refractivity contribution in [1.82, 2.24) is 16.0 Å². The Kier molecular flexibility index (Phi) is 10.5. The van der Waals surface area contributed by atoms with E-state index in [4.69, 9.17) is 9.47 Å². The minimum atomic E-state index is -0.814. The molecule has 0 aromatic rings. The van der Waals surface area contributed by atoms with Crippen LogP contribution in [0.4, 0.5) is 4.79 Å². The molecule has 3 N–H and O–H groups in total. The molecule has 0 bridgehead atoms. The summed E-state index contributed by atoms with van der Waals surface area (Å²) in [6.45, 7) is 11.6. The van der Waals surface area contributed by atoms with Gasteiger partial charge in [-0.2, -0.15) is 0 Å². The fourth-order valence-electron chi connectivity index (χ4n) is 3.18. The molecule has 9 nitrogen and oxygen atoms in total. The summed E-state index contributed by atoms with van der Waals surface area (Å²) in [5.41, 5.74) is -0.691. The van der Waals surface area contributed by atoms with E-state index in [0.29, 0.717) is 25.8 Å². The first-order chi connectivity index (χ1) is 14.4. The standard InChI is InChI=1S/C22H37N3O6/c1-7-30-18(26)9-8-16(13-15-10-11-23-19(15)27)24-20(28)17(12-14(2)3)25-21(29)31-22(4,5)6/h8-9,14-17H,7,10-13H2,1-6H3,(H,23,27)(H,24,28)(H,25,29)/b9-8+. The average molecular weight is 440 g/mol. The summed E-state index contributed by atoms with van der Waals surface area (Å²) in [7, 11) is 0. The van der Waals surface area contributed by atoms with Gasteiger partial charge in [-0.25, -0.2) is 9.59 Å². The maximum Gasteiger partial charge on any atom is 0.408 e. The second-order valence-electron chi connectivity index (χ2n) is 9.07. The number of nitrogens with one attached hydrogen (secondary N) is 3. The minimum Gasteiger partial charge on any atom is -0.463 e. The summed E-state index contributed by atoms with van der Waals surface area (Å²) in [4.78, 5) is 48.9. The first-order valence-corrected chi connectivity index (χ1v) is 10.8. The first kappa shape index (κ1) is 26.5. The molecule has 1 saturated heterocycles. The number of hydrogen-bond acceptors (Lipinski definition) is 6.